The van der Waals surface area contributed by atoms with Gasteiger partial charge >= 0.3 is 0 Å². The van der Waals surface area contributed by atoms with E-state index in [1.165, 1.54) is 19.2 Å². The van der Waals surface area contributed by atoms with Crippen LogP contribution in [-0.4, -0.2) is 15.5 Å². The van der Waals surface area contributed by atoms with Crippen molar-refractivity contribution in [1.29, 1.82) is 0 Å². The summed E-state index contributed by atoms with van der Waals surface area (Å²) in [5.41, 5.74) is 1.34. The van der Waals surface area contributed by atoms with Gasteiger partial charge in [-0.25, -0.2) is 12.8 Å². The number of rotatable bonds is 5. The van der Waals surface area contributed by atoms with E-state index in [-0.39, 0.29) is 4.90 Å². The number of halogens is 1. The third kappa shape index (κ3) is 3.52. The highest BCUT2D eigenvalue weighted by Crippen LogP contribution is 2.28. The van der Waals surface area contributed by atoms with E-state index in [0.29, 0.717) is 11.4 Å². The second-order valence-corrected chi connectivity index (χ2v) is 6.13. The van der Waals surface area contributed by atoms with E-state index in [2.05, 4.69) is 4.72 Å². The molecule has 0 aliphatic rings. The lowest BCUT2D eigenvalue weighted by atomic mass is 10.1. The van der Waals surface area contributed by atoms with Gasteiger partial charge in [-0.3, -0.25) is 4.72 Å². The number of aryl methyl sites for hydroxylation is 1. The number of hydrogen-bond donors (Lipinski definition) is 1. The Kier molecular flexibility index (Phi) is 4.47. The Morgan fingerprint density at radius 3 is 2.38 bits per heavy atom. The fraction of sp³-hybridized carbons (Fsp3) is 0.200. The maximum Gasteiger partial charge on any atom is 0.262 e. The van der Waals surface area contributed by atoms with Gasteiger partial charge < -0.3 is 4.74 Å². The van der Waals surface area contributed by atoms with E-state index in [0.717, 1.165) is 24.1 Å². The van der Waals surface area contributed by atoms with Crippen molar-refractivity contribution in [2.75, 3.05) is 11.8 Å². The number of sulfonamides is 1. The highest BCUT2D eigenvalue weighted by atomic mass is 32.2. The fourth-order valence-electron chi connectivity index (χ4n) is 1.87. The maximum absolute atomic E-state index is 12.9. The molecule has 0 amide bonds. The topological polar surface area (TPSA) is 55.4 Å². The van der Waals surface area contributed by atoms with Gasteiger partial charge in [-0.05, 0) is 48.4 Å². The number of ether oxygens (including phenoxy) is 1. The molecule has 0 aliphatic carbocycles. The van der Waals surface area contributed by atoms with Crippen LogP contribution in [0.5, 0.6) is 5.75 Å². The molecule has 2 rings (SSSR count). The van der Waals surface area contributed by atoms with Crippen molar-refractivity contribution in [2.24, 2.45) is 0 Å². The number of nitrogens with one attached hydrogen (secondary N) is 1. The summed E-state index contributed by atoms with van der Waals surface area (Å²) < 4.78 is 45.1. The van der Waals surface area contributed by atoms with E-state index >= 15 is 0 Å². The van der Waals surface area contributed by atoms with E-state index < -0.39 is 15.8 Å². The molecule has 2 aromatic rings. The van der Waals surface area contributed by atoms with Gasteiger partial charge in [0.15, 0.2) is 0 Å². The molecule has 6 heteroatoms. The SMILES string of the molecule is CCc1ccc(OC)c(NS(=O)(=O)c2ccc(F)cc2)c1. The largest absolute Gasteiger partial charge is 0.495 e. The second kappa shape index (κ2) is 6.13. The molecular weight excluding hydrogens is 293 g/mol. The summed E-state index contributed by atoms with van der Waals surface area (Å²) >= 11 is 0. The summed E-state index contributed by atoms with van der Waals surface area (Å²) in [6.45, 7) is 1.97. The molecule has 21 heavy (non-hydrogen) atoms. The first-order valence-corrected chi connectivity index (χ1v) is 7.90. The van der Waals surface area contributed by atoms with E-state index in [1.807, 2.05) is 13.0 Å². The minimum absolute atomic E-state index is 0.00662. The Balaban J connectivity index is 2.38. The molecule has 2 aromatic carbocycles. The zero-order chi connectivity index (χ0) is 15.5. The lowest BCUT2D eigenvalue weighted by molar-refractivity contribution is 0.416. The Bertz CT molecular complexity index is 727. The van der Waals surface area contributed by atoms with Crippen LogP contribution in [0.15, 0.2) is 47.4 Å². The molecule has 0 aliphatic heterocycles. The predicted octanol–water partition coefficient (Wildman–Crippen LogP) is 3.20. The first-order valence-electron chi connectivity index (χ1n) is 6.41. The molecule has 0 saturated heterocycles. The average molecular weight is 309 g/mol. The zero-order valence-electron chi connectivity index (χ0n) is 11.8. The first-order chi connectivity index (χ1) is 9.96. The van der Waals surface area contributed by atoms with Gasteiger partial charge in [-0.2, -0.15) is 0 Å². The third-order valence-corrected chi connectivity index (χ3v) is 4.42. The van der Waals surface area contributed by atoms with Crippen LogP contribution in [0.3, 0.4) is 0 Å². The van der Waals surface area contributed by atoms with Crippen molar-refractivity contribution < 1.29 is 17.5 Å². The van der Waals surface area contributed by atoms with Crippen molar-refractivity contribution in [3.63, 3.8) is 0 Å². The molecule has 0 saturated carbocycles. The zero-order valence-corrected chi connectivity index (χ0v) is 12.6. The number of methoxy groups -OCH3 is 1. The maximum atomic E-state index is 12.9. The number of benzene rings is 2. The summed E-state index contributed by atoms with van der Waals surface area (Å²) in [5.74, 6) is -0.0580. The standard InChI is InChI=1S/C15H16FNO3S/c1-3-11-4-9-15(20-2)14(10-11)17-21(18,19)13-7-5-12(16)6-8-13/h4-10,17H,3H2,1-2H3. The molecule has 0 atom stereocenters. The van der Waals surface area contributed by atoms with E-state index in [4.69, 9.17) is 4.74 Å². The van der Waals surface area contributed by atoms with E-state index in [1.54, 1.807) is 12.1 Å². The van der Waals surface area contributed by atoms with Crippen LogP contribution < -0.4 is 9.46 Å². The smallest absolute Gasteiger partial charge is 0.262 e. The normalized spacial score (nSPS) is 11.2. The fourth-order valence-corrected chi connectivity index (χ4v) is 2.93. The third-order valence-electron chi connectivity index (χ3n) is 3.04. The van der Waals surface area contributed by atoms with Gasteiger partial charge in [-0.15, -0.1) is 0 Å². The summed E-state index contributed by atoms with van der Waals surface area (Å²) in [5, 5.41) is 0. The van der Waals surface area contributed by atoms with Crippen molar-refractivity contribution in [2.45, 2.75) is 18.2 Å². The second-order valence-electron chi connectivity index (χ2n) is 4.45. The summed E-state index contributed by atoms with van der Waals surface area (Å²) in [6.07, 6.45) is 0.773. The molecule has 112 valence electrons. The number of anilines is 1. The van der Waals surface area contributed by atoms with Crippen molar-refractivity contribution in [3.05, 3.63) is 53.8 Å². The highest BCUT2D eigenvalue weighted by molar-refractivity contribution is 7.92. The van der Waals surface area contributed by atoms with Gasteiger partial charge in [0.2, 0.25) is 0 Å². The lowest BCUT2D eigenvalue weighted by Gasteiger charge is -2.13. The lowest BCUT2D eigenvalue weighted by Crippen LogP contribution is -2.13. The first kappa shape index (κ1) is 15.3. The monoisotopic (exact) mass is 309 g/mol. The van der Waals surface area contributed by atoms with Gasteiger partial charge in [-0.1, -0.05) is 13.0 Å². The Morgan fingerprint density at radius 1 is 1.14 bits per heavy atom. The molecule has 4 nitrogen and oxygen atoms in total. The van der Waals surface area contributed by atoms with Crippen molar-refractivity contribution in [3.8, 4) is 5.75 Å². The molecule has 1 N–H and O–H groups in total. The van der Waals surface area contributed by atoms with Gasteiger partial charge in [0.05, 0.1) is 17.7 Å². The van der Waals surface area contributed by atoms with E-state index in [9.17, 15) is 12.8 Å². The van der Waals surface area contributed by atoms with Crippen LogP contribution >= 0.6 is 0 Å². The van der Waals surface area contributed by atoms with Crippen molar-refractivity contribution in [1.82, 2.24) is 0 Å². The van der Waals surface area contributed by atoms with Crippen LogP contribution in [0.4, 0.5) is 10.1 Å². The quantitative estimate of drug-likeness (QED) is 0.923. The van der Waals surface area contributed by atoms with Crippen LogP contribution in [-0.2, 0) is 16.4 Å². The summed E-state index contributed by atoms with van der Waals surface area (Å²) in [7, 11) is -2.32. The molecule has 0 heterocycles. The summed E-state index contributed by atoms with van der Waals surface area (Å²) in [4.78, 5) is -0.00662. The van der Waals surface area contributed by atoms with Crippen LogP contribution in [0.1, 0.15) is 12.5 Å². The molecule has 0 fully saturated rings. The van der Waals surface area contributed by atoms with Crippen LogP contribution in [0.25, 0.3) is 0 Å². The Hall–Kier alpha value is -2.08. The van der Waals surface area contributed by atoms with Gasteiger partial charge in [0, 0.05) is 0 Å². The Labute approximate surface area is 123 Å². The predicted molar refractivity (Wildman–Crippen MR) is 79.6 cm³/mol. The number of hydrogen-bond acceptors (Lipinski definition) is 3. The van der Waals surface area contributed by atoms with Crippen LogP contribution in [0, 0.1) is 5.82 Å². The van der Waals surface area contributed by atoms with Gasteiger partial charge in [0.1, 0.15) is 11.6 Å². The van der Waals surface area contributed by atoms with Crippen molar-refractivity contribution >= 4 is 15.7 Å². The minimum Gasteiger partial charge on any atom is -0.495 e. The minimum atomic E-state index is -3.78. The summed E-state index contributed by atoms with van der Waals surface area (Å²) in [6, 6.07) is 9.94. The molecule has 0 spiro atoms. The van der Waals surface area contributed by atoms with Gasteiger partial charge in [0.25, 0.3) is 10.0 Å². The molecular formula is C15H16FNO3S. The van der Waals surface area contributed by atoms with Crippen LogP contribution in [0.2, 0.25) is 0 Å². The molecule has 0 unspecified atom stereocenters. The Morgan fingerprint density at radius 2 is 1.81 bits per heavy atom. The molecule has 0 bridgehead atoms. The molecule has 0 aromatic heterocycles. The average Bonchev–Trinajstić information content (AvgIpc) is 2.47. The molecule has 0 radical (unpaired) electrons. The highest BCUT2D eigenvalue weighted by Gasteiger charge is 2.16.